The van der Waals surface area contributed by atoms with E-state index in [4.69, 9.17) is 4.99 Å². The van der Waals surface area contributed by atoms with E-state index in [0.29, 0.717) is 30.1 Å². The SMILES string of the molecule is O=C1CC(N=C2CC=CNc3[nH]cc(C(=O)c4ccc(NC5CCC(F)(F)CC5)nc4F)c32)CN1. The van der Waals surface area contributed by atoms with E-state index in [1.165, 1.54) is 18.3 Å². The predicted molar refractivity (Wildman–Crippen MR) is 125 cm³/mol. The largest absolute Gasteiger partial charge is 0.367 e. The summed E-state index contributed by atoms with van der Waals surface area (Å²) in [7, 11) is 0. The van der Waals surface area contributed by atoms with E-state index in [-0.39, 0.29) is 67.0 Å². The molecule has 1 aliphatic carbocycles. The maximum absolute atomic E-state index is 14.9. The van der Waals surface area contributed by atoms with Crippen LogP contribution in [0.1, 0.15) is 60.0 Å². The number of ketones is 1. The van der Waals surface area contributed by atoms with Gasteiger partial charge in [-0.25, -0.2) is 13.8 Å². The highest BCUT2D eigenvalue weighted by Crippen LogP contribution is 2.34. The van der Waals surface area contributed by atoms with Crippen LogP contribution in [0.25, 0.3) is 0 Å². The van der Waals surface area contributed by atoms with Crippen LogP contribution in [-0.4, -0.2) is 51.9 Å². The summed E-state index contributed by atoms with van der Waals surface area (Å²) in [6.45, 7) is 0.425. The number of hydrogen-bond acceptors (Lipinski definition) is 6. The summed E-state index contributed by atoms with van der Waals surface area (Å²) < 4.78 is 41.7. The summed E-state index contributed by atoms with van der Waals surface area (Å²) in [4.78, 5) is 36.5. The van der Waals surface area contributed by atoms with Crippen molar-refractivity contribution in [3.63, 3.8) is 0 Å². The second kappa shape index (κ2) is 9.20. The van der Waals surface area contributed by atoms with Crippen LogP contribution in [0.15, 0.2) is 35.6 Å². The number of nitrogens with one attached hydrogen (secondary N) is 4. The van der Waals surface area contributed by atoms with Crippen LogP contribution in [0.2, 0.25) is 0 Å². The molecule has 1 amide bonds. The van der Waals surface area contributed by atoms with E-state index < -0.39 is 17.7 Å². The van der Waals surface area contributed by atoms with Crippen molar-refractivity contribution in [3.05, 3.63) is 53.2 Å². The molecule has 2 fully saturated rings. The Bertz CT molecular complexity index is 1210. The van der Waals surface area contributed by atoms with Crippen molar-refractivity contribution >= 4 is 29.0 Å². The van der Waals surface area contributed by atoms with Crippen molar-refractivity contribution < 1.29 is 22.8 Å². The Morgan fingerprint density at radius 1 is 1.20 bits per heavy atom. The van der Waals surface area contributed by atoms with E-state index in [1.54, 1.807) is 6.20 Å². The number of pyridine rings is 1. The summed E-state index contributed by atoms with van der Waals surface area (Å²) in [5.74, 6) is -3.48. The Morgan fingerprint density at radius 3 is 2.71 bits per heavy atom. The summed E-state index contributed by atoms with van der Waals surface area (Å²) in [5, 5.41) is 8.81. The number of aromatic nitrogens is 2. The maximum atomic E-state index is 14.9. The number of carbonyl (C=O) groups excluding carboxylic acids is 2. The number of allylic oxidation sites excluding steroid dienone is 1. The molecule has 2 aromatic heterocycles. The van der Waals surface area contributed by atoms with Crippen LogP contribution in [0, 0.1) is 5.95 Å². The van der Waals surface area contributed by atoms with Gasteiger partial charge < -0.3 is 20.9 Å². The molecule has 4 heterocycles. The van der Waals surface area contributed by atoms with E-state index >= 15 is 0 Å². The molecule has 0 radical (unpaired) electrons. The Kier molecular flexibility index (Phi) is 6.08. The highest BCUT2D eigenvalue weighted by atomic mass is 19.3. The quantitative estimate of drug-likeness (QED) is 0.380. The van der Waals surface area contributed by atoms with E-state index in [2.05, 4.69) is 25.9 Å². The van der Waals surface area contributed by atoms with Crippen molar-refractivity contribution in [1.29, 1.82) is 0 Å². The number of hydrogen-bond donors (Lipinski definition) is 4. The van der Waals surface area contributed by atoms with Crippen molar-refractivity contribution in [3.8, 4) is 0 Å². The third-order valence-corrected chi connectivity index (χ3v) is 6.53. The summed E-state index contributed by atoms with van der Waals surface area (Å²) in [6, 6.07) is 2.37. The number of anilines is 2. The molecule has 1 saturated carbocycles. The number of H-pyrrole nitrogens is 1. The van der Waals surface area contributed by atoms with Gasteiger partial charge in [-0.15, -0.1) is 0 Å². The number of aliphatic imine (C=N–C) groups is 1. The van der Waals surface area contributed by atoms with Crippen LogP contribution < -0.4 is 16.0 Å². The molecule has 2 aromatic rings. The minimum absolute atomic E-state index is 0.0731. The van der Waals surface area contributed by atoms with Gasteiger partial charge in [0, 0.05) is 43.6 Å². The standard InChI is InChI=1S/C24H25F3N6O2/c25-22-15(3-4-18(33-22)32-13-5-7-24(26,27)8-6-13)21(35)16-12-30-23-20(16)17(2-1-9-28-23)31-14-10-19(34)29-11-14/h1,3-4,9,12-14,28,30H,2,5-8,10-11H2,(H,29,34)(H,32,33). The molecule has 0 bridgehead atoms. The van der Waals surface area contributed by atoms with Crippen LogP contribution in [0.5, 0.6) is 0 Å². The molecule has 184 valence electrons. The molecule has 11 heteroatoms. The minimum Gasteiger partial charge on any atom is -0.367 e. The molecule has 1 saturated heterocycles. The first-order valence-electron chi connectivity index (χ1n) is 11.6. The van der Waals surface area contributed by atoms with Crippen LogP contribution in [-0.2, 0) is 4.79 Å². The normalized spacial score (nSPS) is 22.9. The van der Waals surface area contributed by atoms with E-state index in [1.807, 2.05) is 6.08 Å². The predicted octanol–water partition coefficient (Wildman–Crippen LogP) is 3.78. The van der Waals surface area contributed by atoms with Gasteiger partial charge in [-0.1, -0.05) is 6.08 Å². The van der Waals surface area contributed by atoms with Crippen LogP contribution >= 0.6 is 0 Å². The molecule has 0 spiro atoms. The number of halogens is 3. The zero-order valence-electron chi connectivity index (χ0n) is 18.8. The fourth-order valence-electron chi connectivity index (χ4n) is 4.67. The first-order chi connectivity index (χ1) is 16.8. The van der Waals surface area contributed by atoms with Crippen molar-refractivity contribution in [2.45, 2.75) is 56.5 Å². The second-order valence-electron chi connectivity index (χ2n) is 9.08. The van der Waals surface area contributed by atoms with Gasteiger partial charge in [0.05, 0.1) is 29.3 Å². The number of aromatic amines is 1. The molecule has 2 aliphatic heterocycles. The van der Waals surface area contributed by atoms with Gasteiger partial charge in [-0.05, 0) is 31.2 Å². The lowest BCUT2D eigenvalue weighted by molar-refractivity contribution is -0.119. The number of fused-ring (bicyclic) bond motifs is 1. The number of amides is 1. The Balaban J connectivity index is 1.38. The monoisotopic (exact) mass is 486 g/mol. The van der Waals surface area contributed by atoms with Gasteiger partial charge in [0.15, 0.2) is 5.78 Å². The van der Waals surface area contributed by atoms with Crippen molar-refractivity contribution in [2.75, 3.05) is 17.2 Å². The average molecular weight is 486 g/mol. The van der Waals surface area contributed by atoms with Gasteiger partial charge >= 0.3 is 0 Å². The Hall–Kier alpha value is -3.63. The third kappa shape index (κ3) is 4.94. The van der Waals surface area contributed by atoms with Crippen molar-refractivity contribution in [1.82, 2.24) is 15.3 Å². The van der Waals surface area contributed by atoms with Gasteiger partial charge in [0.1, 0.15) is 11.6 Å². The molecule has 4 N–H and O–H groups in total. The van der Waals surface area contributed by atoms with E-state index in [9.17, 15) is 22.8 Å². The zero-order chi connectivity index (χ0) is 24.6. The maximum Gasteiger partial charge on any atom is 0.248 e. The second-order valence-corrected chi connectivity index (χ2v) is 9.08. The lowest BCUT2D eigenvalue weighted by atomic mass is 9.92. The lowest BCUT2D eigenvalue weighted by Crippen LogP contribution is -2.32. The molecule has 5 rings (SSSR count). The molecule has 8 nitrogen and oxygen atoms in total. The molecular weight excluding hydrogens is 461 g/mol. The smallest absolute Gasteiger partial charge is 0.248 e. The number of alkyl halides is 2. The fraction of sp³-hybridized carbons (Fsp3) is 0.417. The highest BCUT2D eigenvalue weighted by Gasteiger charge is 2.35. The first kappa shape index (κ1) is 23.1. The molecule has 35 heavy (non-hydrogen) atoms. The van der Waals surface area contributed by atoms with Gasteiger partial charge in [-0.3, -0.25) is 14.6 Å². The zero-order valence-corrected chi connectivity index (χ0v) is 18.8. The van der Waals surface area contributed by atoms with Crippen LogP contribution in [0.4, 0.5) is 24.8 Å². The average Bonchev–Trinajstić information content (AvgIpc) is 3.37. The number of rotatable bonds is 5. The molecule has 0 aromatic carbocycles. The molecule has 1 atom stereocenters. The third-order valence-electron chi connectivity index (χ3n) is 6.53. The molecule has 1 unspecified atom stereocenters. The van der Waals surface area contributed by atoms with Crippen LogP contribution in [0.3, 0.4) is 0 Å². The van der Waals surface area contributed by atoms with Crippen molar-refractivity contribution in [2.24, 2.45) is 4.99 Å². The first-order valence-corrected chi connectivity index (χ1v) is 11.6. The lowest BCUT2D eigenvalue weighted by Gasteiger charge is -2.29. The highest BCUT2D eigenvalue weighted by molar-refractivity contribution is 6.19. The minimum atomic E-state index is -2.65. The van der Waals surface area contributed by atoms with E-state index in [0.717, 1.165) is 0 Å². The summed E-state index contributed by atoms with van der Waals surface area (Å²) in [6.07, 6.45) is 5.88. The topological polar surface area (TPSA) is 111 Å². The number of nitrogens with zero attached hydrogens (tertiary/aromatic N) is 2. The Morgan fingerprint density at radius 2 is 2.00 bits per heavy atom. The summed E-state index contributed by atoms with van der Waals surface area (Å²) >= 11 is 0. The fourth-order valence-corrected chi connectivity index (χ4v) is 4.67. The van der Waals surface area contributed by atoms with Gasteiger partial charge in [-0.2, -0.15) is 4.39 Å². The summed E-state index contributed by atoms with van der Waals surface area (Å²) in [5.41, 5.74) is 1.18. The number of carbonyl (C=O) groups is 2. The van der Waals surface area contributed by atoms with Gasteiger partial charge in [0.25, 0.3) is 0 Å². The molecule has 3 aliphatic rings. The van der Waals surface area contributed by atoms with Gasteiger partial charge in [0.2, 0.25) is 17.8 Å². The Labute approximate surface area is 199 Å². The molecular formula is C24H25F3N6O2.